The second-order valence-corrected chi connectivity index (χ2v) is 3.93. The normalized spacial score (nSPS) is 9.89. The molecule has 0 radical (unpaired) electrons. The van der Waals surface area contributed by atoms with Crippen molar-refractivity contribution in [1.82, 2.24) is 5.32 Å². The minimum absolute atomic E-state index is 0.0162. The number of carbonyl (C=O) groups is 2. The topological polar surface area (TPSA) is 55.4 Å². The first kappa shape index (κ1) is 14.2. The van der Waals surface area contributed by atoms with Crippen LogP contribution in [-0.2, 0) is 4.79 Å². The fourth-order valence-corrected chi connectivity index (χ4v) is 1.49. The minimum Gasteiger partial charge on any atom is -0.494 e. The number of hydrogen-bond acceptors (Lipinski definition) is 3. The second kappa shape index (κ2) is 7.48. The Bertz CT molecular complexity index is 398. The van der Waals surface area contributed by atoms with Gasteiger partial charge in [-0.2, -0.15) is 0 Å². The Hall–Kier alpha value is -1.84. The van der Waals surface area contributed by atoms with Gasteiger partial charge in [0, 0.05) is 25.5 Å². The molecule has 18 heavy (non-hydrogen) atoms. The quantitative estimate of drug-likeness (QED) is 0.595. The van der Waals surface area contributed by atoms with E-state index in [9.17, 15) is 9.59 Å². The van der Waals surface area contributed by atoms with E-state index >= 15 is 0 Å². The number of hydrogen-bond donors (Lipinski definition) is 1. The third-order valence-electron chi connectivity index (χ3n) is 2.59. The summed E-state index contributed by atoms with van der Waals surface area (Å²) in [6.45, 7) is 2.33. The molecule has 98 valence electrons. The van der Waals surface area contributed by atoms with Gasteiger partial charge in [-0.3, -0.25) is 9.59 Å². The van der Waals surface area contributed by atoms with Gasteiger partial charge in [-0.1, -0.05) is 6.92 Å². The molecule has 4 nitrogen and oxygen atoms in total. The molecule has 0 atom stereocenters. The summed E-state index contributed by atoms with van der Waals surface area (Å²) in [5.74, 6) is 0.864. The number of nitrogens with one attached hydrogen (secondary N) is 1. The maximum absolute atomic E-state index is 11.4. The molecule has 0 saturated heterocycles. The van der Waals surface area contributed by atoms with E-state index in [4.69, 9.17) is 4.74 Å². The third-order valence-corrected chi connectivity index (χ3v) is 2.59. The summed E-state index contributed by atoms with van der Waals surface area (Å²) < 4.78 is 5.48. The van der Waals surface area contributed by atoms with Gasteiger partial charge in [0.2, 0.25) is 5.91 Å². The van der Waals surface area contributed by atoms with E-state index in [1.54, 1.807) is 31.3 Å². The molecule has 1 rings (SSSR count). The molecule has 0 saturated carbocycles. The van der Waals surface area contributed by atoms with Crippen molar-refractivity contribution < 1.29 is 14.3 Å². The molecule has 0 aliphatic rings. The molecule has 1 aromatic rings. The molecule has 0 fully saturated rings. The van der Waals surface area contributed by atoms with Crippen molar-refractivity contribution in [3.05, 3.63) is 29.8 Å². The SMILES string of the molecule is CCC(=O)c1ccc(OCCCC(=O)NC)cc1. The van der Waals surface area contributed by atoms with Crippen LogP contribution in [0.4, 0.5) is 0 Å². The van der Waals surface area contributed by atoms with E-state index in [1.165, 1.54) is 0 Å². The summed E-state index contributed by atoms with van der Waals surface area (Å²) in [7, 11) is 1.62. The molecule has 0 aliphatic carbocycles. The van der Waals surface area contributed by atoms with Crippen molar-refractivity contribution in [2.45, 2.75) is 26.2 Å². The lowest BCUT2D eigenvalue weighted by atomic mass is 10.1. The molecule has 0 aromatic heterocycles. The van der Waals surface area contributed by atoms with E-state index in [1.807, 2.05) is 6.92 Å². The number of ether oxygens (including phenoxy) is 1. The van der Waals surface area contributed by atoms with Crippen LogP contribution >= 0.6 is 0 Å². The van der Waals surface area contributed by atoms with Gasteiger partial charge >= 0.3 is 0 Å². The Morgan fingerprint density at radius 3 is 2.44 bits per heavy atom. The molecule has 1 amide bonds. The lowest BCUT2D eigenvalue weighted by Gasteiger charge is -2.06. The first-order valence-corrected chi connectivity index (χ1v) is 6.14. The summed E-state index contributed by atoms with van der Waals surface area (Å²) in [5.41, 5.74) is 0.704. The summed E-state index contributed by atoms with van der Waals surface area (Å²) in [6, 6.07) is 7.09. The maximum Gasteiger partial charge on any atom is 0.219 e. The largest absolute Gasteiger partial charge is 0.494 e. The highest BCUT2D eigenvalue weighted by Gasteiger charge is 2.03. The van der Waals surface area contributed by atoms with Gasteiger partial charge in [-0.05, 0) is 30.7 Å². The molecule has 0 heterocycles. The molecule has 1 N–H and O–H groups in total. The zero-order valence-corrected chi connectivity index (χ0v) is 10.9. The highest BCUT2D eigenvalue weighted by molar-refractivity contribution is 5.95. The predicted molar refractivity (Wildman–Crippen MR) is 69.9 cm³/mol. The summed E-state index contributed by atoms with van der Waals surface area (Å²) >= 11 is 0. The van der Waals surface area contributed by atoms with Gasteiger partial charge in [-0.25, -0.2) is 0 Å². The summed E-state index contributed by atoms with van der Waals surface area (Å²) in [6.07, 6.45) is 1.64. The second-order valence-electron chi connectivity index (χ2n) is 3.93. The van der Waals surface area contributed by atoms with E-state index < -0.39 is 0 Å². The lowest BCUT2D eigenvalue weighted by Crippen LogP contribution is -2.18. The lowest BCUT2D eigenvalue weighted by molar-refractivity contribution is -0.120. The van der Waals surface area contributed by atoms with Crippen molar-refractivity contribution in [3.63, 3.8) is 0 Å². The Morgan fingerprint density at radius 1 is 1.22 bits per heavy atom. The minimum atomic E-state index is 0.0162. The molecule has 0 unspecified atom stereocenters. The third kappa shape index (κ3) is 4.57. The van der Waals surface area contributed by atoms with Gasteiger partial charge in [0.05, 0.1) is 6.61 Å². The molecule has 0 bridgehead atoms. The molecular formula is C14H19NO3. The number of ketones is 1. The fraction of sp³-hybridized carbons (Fsp3) is 0.429. The molecular weight excluding hydrogens is 230 g/mol. The number of amides is 1. The average molecular weight is 249 g/mol. The Labute approximate surface area is 107 Å². The van der Waals surface area contributed by atoms with Gasteiger partial charge in [0.25, 0.3) is 0 Å². The standard InChI is InChI=1S/C14H19NO3/c1-3-13(16)11-6-8-12(9-7-11)18-10-4-5-14(17)15-2/h6-9H,3-5,10H2,1-2H3,(H,15,17). The van der Waals surface area contributed by atoms with Crippen LogP contribution in [0, 0.1) is 0 Å². The van der Waals surface area contributed by atoms with E-state index in [2.05, 4.69) is 5.32 Å². The average Bonchev–Trinajstić information content (AvgIpc) is 2.43. The first-order valence-electron chi connectivity index (χ1n) is 6.14. The van der Waals surface area contributed by atoms with Crippen molar-refractivity contribution >= 4 is 11.7 Å². The predicted octanol–water partition coefficient (Wildman–Crippen LogP) is 2.18. The van der Waals surface area contributed by atoms with Crippen LogP contribution in [-0.4, -0.2) is 25.3 Å². The van der Waals surface area contributed by atoms with Crippen LogP contribution in [0.1, 0.15) is 36.5 Å². The Morgan fingerprint density at radius 2 is 1.89 bits per heavy atom. The highest BCUT2D eigenvalue weighted by Crippen LogP contribution is 2.13. The molecule has 4 heteroatoms. The van der Waals surface area contributed by atoms with Crippen molar-refractivity contribution in [1.29, 1.82) is 0 Å². The van der Waals surface area contributed by atoms with E-state index in [0.717, 1.165) is 5.75 Å². The number of benzene rings is 1. The number of carbonyl (C=O) groups excluding carboxylic acids is 2. The monoisotopic (exact) mass is 249 g/mol. The van der Waals surface area contributed by atoms with Crippen LogP contribution in [0.15, 0.2) is 24.3 Å². The molecule has 0 spiro atoms. The molecule has 1 aromatic carbocycles. The highest BCUT2D eigenvalue weighted by atomic mass is 16.5. The summed E-state index contributed by atoms with van der Waals surface area (Å²) in [5, 5.41) is 2.56. The molecule has 0 aliphatic heterocycles. The Kier molecular flexibility index (Phi) is 5.91. The maximum atomic E-state index is 11.4. The van der Waals surface area contributed by atoms with Crippen LogP contribution < -0.4 is 10.1 Å². The number of rotatable bonds is 7. The van der Waals surface area contributed by atoms with Gasteiger partial charge in [0.1, 0.15) is 5.75 Å². The van der Waals surface area contributed by atoms with E-state index in [0.29, 0.717) is 31.4 Å². The van der Waals surface area contributed by atoms with Gasteiger partial charge in [-0.15, -0.1) is 0 Å². The Balaban J connectivity index is 2.35. The smallest absolute Gasteiger partial charge is 0.219 e. The van der Waals surface area contributed by atoms with Crippen LogP contribution in [0.25, 0.3) is 0 Å². The van der Waals surface area contributed by atoms with Crippen molar-refractivity contribution in [2.75, 3.05) is 13.7 Å². The van der Waals surface area contributed by atoms with Crippen LogP contribution in [0.5, 0.6) is 5.75 Å². The zero-order valence-electron chi connectivity index (χ0n) is 10.9. The van der Waals surface area contributed by atoms with E-state index in [-0.39, 0.29) is 11.7 Å². The van der Waals surface area contributed by atoms with Gasteiger partial charge in [0.15, 0.2) is 5.78 Å². The zero-order chi connectivity index (χ0) is 13.4. The van der Waals surface area contributed by atoms with Crippen LogP contribution in [0.3, 0.4) is 0 Å². The first-order chi connectivity index (χ1) is 8.67. The summed E-state index contributed by atoms with van der Waals surface area (Å²) in [4.78, 5) is 22.4. The van der Waals surface area contributed by atoms with Crippen molar-refractivity contribution in [3.8, 4) is 5.75 Å². The fourth-order valence-electron chi connectivity index (χ4n) is 1.49. The van der Waals surface area contributed by atoms with Crippen molar-refractivity contribution in [2.24, 2.45) is 0 Å². The van der Waals surface area contributed by atoms with Gasteiger partial charge < -0.3 is 10.1 Å². The number of Topliss-reactive ketones (excluding diaryl/α,β-unsaturated/α-hetero) is 1. The van der Waals surface area contributed by atoms with Crippen LogP contribution in [0.2, 0.25) is 0 Å².